The summed E-state index contributed by atoms with van der Waals surface area (Å²) in [6.07, 6.45) is 0.881. The van der Waals surface area contributed by atoms with Crippen LogP contribution in [0.1, 0.15) is 28.0 Å². The molecule has 0 bridgehead atoms. The third-order valence-corrected chi connectivity index (χ3v) is 5.49. The standard InChI is InChI=1S/C18H23FN4OS/c1-13-16(17(20-2)25-21-13)18(24)23-9-5-8-22(10-11-23)12-14-6-3-4-7-15(14)19/h3-4,6-7,20H,5,8-12H2,1-2H3. The van der Waals surface area contributed by atoms with Crippen molar-refractivity contribution in [1.29, 1.82) is 0 Å². The second-order valence-electron chi connectivity index (χ2n) is 6.24. The maximum Gasteiger partial charge on any atom is 0.258 e. The van der Waals surface area contributed by atoms with Crippen LogP contribution in [0, 0.1) is 12.7 Å². The van der Waals surface area contributed by atoms with E-state index in [9.17, 15) is 9.18 Å². The summed E-state index contributed by atoms with van der Waals surface area (Å²) in [6.45, 7) is 5.41. The number of anilines is 1. The molecule has 0 spiro atoms. The molecule has 2 heterocycles. The molecule has 2 aromatic rings. The summed E-state index contributed by atoms with van der Waals surface area (Å²) in [5.41, 5.74) is 2.15. The summed E-state index contributed by atoms with van der Waals surface area (Å²) in [4.78, 5) is 17.0. The van der Waals surface area contributed by atoms with Crippen molar-refractivity contribution >= 4 is 22.4 Å². The molecular weight excluding hydrogens is 339 g/mol. The van der Waals surface area contributed by atoms with Crippen molar-refractivity contribution in [2.24, 2.45) is 0 Å². The third kappa shape index (κ3) is 3.99. The summed E-state index contributed by atoms with van der Waals surface area (Å²) in [5.74, 6) is -0.137. The van der Waals surface area contributed by atoms with Crippen molar-refractivity contribution in [3.05, 3.63) is 46.9 Å². The van der Waals surface area contributed by atoms with Gasteiger partial charge in [0, 0.05) is 45.3 Å². The molecule has 1 aliphatic rings. The topological polar surface area (TPSA) is 48.5 Å². The molecule has 0 atom stereocenters. The van der Waals surface area contributed by atoms with Gasteiger partial charge in [0.2, 0.25) is 0 Å². The molecule has 25 heavy (non-hydrogen) atoms. The van der Waals surface area contributed by atoms with Gasteiger partial charge in [0.05, 0.1) is 11.3 Å². The molecular formula is C18H23FN4OS. The van der Waals surface area contributed by atoms with Crippen molar-refractivity contribution in [1.82, 2.24) is 14.2 Å². The highest BCUT2D eigenvalue weighted by molar-refractivity contribution is 7.10. The minimum atomic E-state index is -0.168. The Hall–Kier alpha value is -1.99. The fraction of sp³-hybridized carbons (Fsp3) is 0.444. The van der Waals surface area contributed by atoms with Gasteiger partial charge in [0.1, 0.15) is 10.8 Å². The van der Waals surface area contributed by atoms with Crippen molar-refractivity contribution in [3.8, 4) is 0 Å². The monoisotopic (exact) mass is 362 g/mol. The number of amides is 1. The fourth-order valence-electron chi connectivity index (χ4n) is 3.15. The van der Waals surface area contributed by atoms with Crippen LogP contribution in [0.3, 0.4) is 0 Å². The van der Waals surface area contributed by atoms with Crippen LogP contribution >= 0.6 is 11.5 Å². The molecule has 134 valence electrons. The Bertz CT molecular complexity index is 748. The first-order chi connectivity index (χ1) is 12.1. The van der Waals surface area contributed by atoms with Crippen LogP contribution in [0.2, 0.25) is 0 Å². The van der Waals surface area contributed by atoms with Crippen molar-refractivity contribution < 1.29 is 9.18 Å². The molecule has 1 aromatic carbocycles. The molecule has 0 aliphatic carbocycles. The molecule has 0 radical (unpaired) electrons. The third-order valence-electron chi connectivity index (χ3n) is 4.53. The number of nitrogens with one attached hydrogen (secondary N) is 1. The lowest BCUT2D eigenvalue weighted by Crippen LogP contribution is -2.35. The predicted octanol–water partition coefficient (Wildman–Crippen LogP) is 2.98. The number of hydrogen-bond acceptors (Lipinski definition) is 5. The van der Waals surface area contributed by atoms with Crippen LogP contribution < -0.4 is 5.32 Å². The molecule has 1 aliphatic heterocycles. The van der Waals surface area contributed by atoms with E-state index in [0.717, 1.165) is 30.2 Å². The van der Waals surface area contributed by atoms with Gasteiger partial charge in [-0.15, -0.1) is 0 Å². The van der Waals surface area contributed by atoms with E-state index in [0.29, 0.717) is 30.8 Å². The number of halogens is 1. The van der Waals surface area contributed by atoms with E-state index in [1.807, 2.05) is 31.0 Å². The first-order valence-electron chi connectivity index (χ1n) is 8.49. The van der Waals surface area contributed by atoms with Crippen molar-refractivity contribution in [2.45, 2.75) is 19.9 Å². The molecule has 0 unspecified atom stereocenters. The van der Waals surface area contributed by atoms with E-state index in [1.54, 1.807) is 6.07 Å². The second-order valence-corrected chi connectivity index (χ2v) is 7.01. The first-order valence-corrected chi connectivity index (χ1v) is 9.26. The zero-order chi connectivity index (χ0) is 17.8. The molecule has 1 aromatic heterocycles. The van der Waals surface area contributed by atoms with Gasteiger partial charge in [-0.3, -0.25) is 9.69 Å². The lowest BCUT2D eigenvalue weighted by atomic mass is 10.2. The Kier molecular flexibility index (Phi) is 5.65. The van der Waals surface area contributed by atoms with Gasteiger partial charge in [-0.2, -0.15) is 4.37 Å². The number of aryl methyl sites for hydroxylation is 1. The van der Waals surface area contributed by atoms with Crippen LogP contribution in [-0.4, -0.2) is 53.3 Å². The Morgan fingerprint density at radius 1 is 1.28 bits per heavy atom. The van der Waals surface area contributed by atoms with Crippen LogP contribution in [-0.2, 0) is 6.54 Å². The number of carbonyl (C=O) groups excluding carboxylic acids is 1. The zero-order valence-electron chi connectivity index (χ0n) is 14.6. The highest BCUT2D eigenvalue weighted by Gasteiger charge is 2.25. The van der Waals surface area contributed by atoms with Gasteiger partial charge >= 0.3 is 0 Å². The molecule has 1 fully saturated rings. The minimum Gasteiger partial charge on any atom is -0.378 e. The maximum absolute atomic E-state index is 13.9. The summed E-state index contributed by atoms with van der Waals surface area (Å²) in [7, 11) is 1.81. The molecule has 5 nitrogen and oxygen atoms in total. The lowest BCUT2D eigenvalue weighted by molar-refractivity contribution is 0.0761. The lowest BCUT2D eigenvalue weighted by Gasteiger charge is -2.22. The summed E-state index contributed by atoms with van der Waals surface area (Å²) < 4.78 is 18.1. The number of aromatic nitrogens is 1. The average molecular weight is 362 g/mol. The number of carbonyl (C=O) groups is 1. The Labute approximate surface area is 151 Å². The van der Waals surface area contributed by atoms with E-state index < -0.39 is 0 Å². The van der Waals surface area contributed by atoms with Gasteiger partial charge in [0.15, 0.2) is 0 Å². The normalized spacial score (nSPS) is 15.9. The average Bonchev–Trinajstić information content (AvgIpc) is 2.83. The molecule has 1 N–H and O–H groups in total. The van der Waals surface area contributed by atoms with E-state index >= 15 is 0 Å². The Morgan fingerprint density at radius 3 is 2.84 bits per heavy atom. The molecule has 7 heteroatoms. The highest BCUT2D eigenvalue weighted by Crippen LogP contribution is 2.26. The summed E-state index contributed by atoms with van der Waals surface area (Å²) >= 11 is 1.32. The minimum absolute atomic E-state index is 0.0309. The van der Waals surface area contributed by atoms with Crippen LogP contribution in [0.5, 0.6) is 0 Å². The number of benzene rings is 1. The molecule has 0 saturated carbocycles. The quantitative estimate of drug-likeness (QED) is 0.908. The largest absolute Gasteiger partial charge is 0.378 e. The van der Waals surface area contributed by atoms with Gasteiger partial charge in [-0.05, 0) is 30.9 Å². The number of nitrogens with zero attached hydrogens (tertiary/aromatic N) is 3. The highest BCUT2D eigenvalue weighted by atomic mass is 32.1. The molecule has 3 rings (SSSR count). The Morgan fingerprint density at radius 2 is 2.08 bits per heavy atom. The van der Waals surface area contributed by atoms with Gasteiger partial charge in [-0.1, -0.05) is 18.2 Å². The van der Waals surface area contributed by atoms with Crippen LogP contribution in [0.25, 0.3) is 0 Å². The van der Waals surface area contributed by atoms with Gasteiger partial charge in [0.25, 0.3) is 5.91 Å². The smallest absolute Gasteiger partial charge is 0.258 e. The van der Waals surface area contributed by atoms with E-state index in [-0.39, 0.29) is 11.7 Å². The fourth-order valence-corrected chi connectivity index (χ4v) is 3.89. The predicted molar refractivity (Wildman–Crippen MR) is 98.6 cm³/mol. The SMILES string of the molecule is CNc1snc(C)c1C(=O)N1CCCN(Cc2ccccc2F)CC1. The molecule has 1 amide bonds. The van der Waals surface area contributed by atoms with Crippen LogP contribution in [0.4, 0.5) is 9.39 Å². The van der Waals surface area contributed by atoms with Crippen molar-refractivity contribution in [2.75, 3.05) is 38.5 Å². The first kappa shape index (κ1) is 17.8. The number of rotatable bonds is 4. The van der Waals surface area contributed by atoms with E-state index in [2.05, 4.69) is 14.6 Å². The van der Waals surface area contributed by atoms with Gasteiger partial charge in [-0.25, -0.2) is 4.39 Å². The number of hydrogen-bond donors (Lipinski definition) is 1. The van der Waals surface area contributed by atoms with Gasteiger partial charge < -0.3 is 10.2 Å². The molecule has 1 saturated heterocycles. The summed E-state index contributed by atoms with van der Waals surface area (Å²) in [6, 6.07) is 6.88. The second kappa shape index (κ2) is 7.93. The van der Waals surface area contributed by atoms with E-state index in [4.69, 9.17) is 0 Å². The zero-order valence-corrected chi connectivity index (χ0v) is 15.4. The van der Waals surface area contributed by atoms with Crippen molar-refractivity contribution in [3.63, 3.8) is 0 Å². The maximum atomic E-state index is 13.9. The van der Waals surface area contributed by atoms with Crippen LogP contribution in [0.15, 0.2) is 24.3 Å². The summed E-state index contributed by atoms with van der Waals surface area (Å²) in [5, 5.41) is 3.87. The Balaban J connectivity index is 1.66. The van der Waals surface area contributed by atoms with E-state index in [1.165, 1.54) is 17.6 Å².